The summed E-state index contributed by atoms with van der Waals surface area (Å²) < 4.78 is 0.844. The van der Waals surface area contributed by atoms with Crippen molar-refractivity contribution in [1.82, 2.24) is 0 Å². The van der Waals surface area contributed by atoms with Crippen molar-refractivity contribution in [3.63, 3.8) is 0 Å². The van der Waals surface area contributed by atoms with E-state index in [9.17, 15) is 4.79 Å². The van der Waals surface area contributed by atoms with E-state index in [1.807, 2.05) is 0 Å². The van der Waals surface area contributed by atoms with Gasteiger partial charge in [-0.05, 0) is 22.0 Å². The van der Waals surface area contributed by atoms with Crippen molar-refractivity contribution in [2.45, 2.75) is 6.42 Å². The molecular weight excluding hydrogens is 240 g/mol. The first-order valence-electron chi connectivity index (χ1n) is 3.27. The summed E-state index contributed by atoms with van der Waals surface area (Å²) >= 11 is 4.67. The Hall–Kier alpha value is -0.610. The van der Waals surface area contributed by atoms with Gasteiger partial charge in [0, 0.05) is 11.3 Å². The summed E-state index contributed by atoms with van der Waals surface area (Å²) in [5, 5.41) is 8.76. The number of hydrogen-bond acceptors (Lipinski definition) is 2. The largest absolute Gasteiger partial charge is 0.478 e. The summed E-state index contributed by atoms with van der Waals surface area (Å²) in [7, 11) is 0. The van der Waals surface area contributed by atoms with Gasteiger partial charge in [-0.3, -0.25) is 0 Å². The minimum atomic E-state index is -0.881. The first-order valence-corrected chi connectivity index (χ1v) is 4.88. The third kappa shape index (κ3) is 1.95. The van der Waals surface area contributed by atoms with E-state index < -0.39 is 5.97 Å². The average molecular weight is 247 g/mol. The number of aromatic carboxylic acids is 1. The Bertz CT molecular complexity index is 317. The molecule has 1 aromatic rings. The van der Waals surface area contributed by atoms with Crippen LogP contribution in [0.15, 0.2) is 22.5 Å². The van der Waals surface area contributed by atoms with Gasteiger partial charge in [-0.2, -0.15) is 0 Å². The van der Waals surface area contributed by atoms with Crippen molar-refractivity contribution < 1.29 is 9.90 Å². The molecule has 0 aliphatic rings. The topological polar surface area (TPSA) is 37.3 Å². The molecule has 4 heteroatoms. The molecule has 0 spiro atoms. The van der Waals surface area contributed by atoms with E-state index in [4.69, 9.17) is 5.11 Å². The molecule has 0 amide bonds. The standard InChI is InChI=1S/C8H7BrO2S/c1-2-3-6-5(8(10)11)4-7(9)12-6/h2,4H,1,3H2,(H,10,11). The van der Waals surface area contributed by atoms with Crippen molar-refractivity contribution in [3.05, 3.63) is 32.9 Å². The Morgan fingerprint density at radius 1 is 1.83 bits per heavy atom. The van der Waals surface area contributed by atoms with Gasteiger partial charge in [0.05, 0.1) is 9.35 Å². The Labute approximate surface area is 82.7 Å². The molecule has 1 heterocycles. The number of rotatable bonds is 3. The van der Waals surface area contributed by atoms with Crippen LogP contribution in [0, 0.1) is 0 Å². The van der Waals surface area contributed by atoms with Crippen LogP contribution >= 0.6 is 27.3 Å². The number of halogens is 1. The van der Waals surface area contributed by atoms with E-state index in [-0.39, 0.29) is 0 Å². The van der Waals surface area contributed by atoms with Crippen LogP contribution in [0.3, 0.4) is 0 Å². The lowest BCUT2D eigenvalue weighted by atomic mass is 10.2. The number of hydrogen-bond donors (Lipinski definition) is 1. The Kier molecular flexibility index (Phi) is 3.05. The van der Waals surface area contributed by atoms with Gasteiger partial charge >= 0.3 is 5.97 Å². The normalized spacial score (nSPS) is 9.75. The maximum atomic E-state index is 10.7. The van der Waals surface area contributed by atoms with Crippen LogP contribution in [-0.4, -0.2) is 11.1 Å². The van der Waals surface area contributed by atoms with E-state index in [1.54, 1.807) is 12.1 Å². The number of thiophene rings is 1. The van der Waals surface area contributed by atoms with E-state index in [0.29, 0.717) is 12.0 Å². The molecule has 0 saturated heterocycles. The maximum absolute atomic E-state index is 10.7. The molecule has 1 aromatic heterocycles. The molecule has 0 atom stereocenters. The SMILES string of the molecule is C=CCc1sc(Br)cc1C(=O)O. The molecule has 1 rings (SSSR count). The van der Waals surface area contributed by atoms with Crippen LogP contribution < -0.4 is 0 Å². The summed E-state index contributed by atoms with van der Waals surface area (Å²) in [6, 6.07) is 1.62. The van der Waals surface area contributed by atoms with E-state index in [0.717, 1.165) is 8.66 Å². The lowest BCUT2D eigenvalue weighted by Crippen LogP contribution is -1.96. The van der Waals surface area contributed by atoms with E-state index in [2.05, 4.69) is 22.5 Å². The molecule has 0 bridgehead atoms. The third-order valence-corrected chi connectivity index (χ3v) is 3.00. The van der Waals surface area contributed by atoms with Crippen LogP contribution in [0.5, 0.6) is 0 Å². The molecule has 1 N–H and O–H groups in total. The first-order chi connectivity index (χ1) is 5.65. The van der Waals surface area contributed by atoms with Gasteiger partial charge in [0.2, 0.25) is 0 Å². The molecule has 0 aromatic carbocycles. The molecule has 0 aliphatic heterocycles. The van der Waals surface area contributed by atoms with Gasteiger partial charge in [0.1, 0.15) is 0 Å². The maximum Gasteiger partial charge on any atom is 0.336 e. The molecule has 0 aliphatic carbocycles. The second-order valence-electron chi connectivity index (χ2n) is 2.19. The fraction of sp³-hybridized carbons (Fsp3) is 0.125. The molecule has 0 saturated carbocycles. The minimum absolute atomic E-state index is 0.367. The lowest BCUT2D eigenvalue weighted by Gasteiger charge is -1.92. The highest BCUT2D eigenvalue weighted by molar-refractivity contribution is 9.11. The van der Waals surface area contributed by atoms with E-state index in [1.165, 1.54) is 11.3 Å². The number of allylic oxidation sites excluding steroid dienone is 1. The van der Waals surface area contributed by atoms with Crippen LogP contribution in [0.4, 0.5) is 0 Å². The Morgan fingerprint density at radius 3 is 3.00 bits per heavy atom. The van der Waals surface area contributed by atoms with Gasteiger partial charge in [0.25, 0.3) is 0 Å². The lowest BCUT2D eigenvalue weighted by molar-refractivity contribution is 0.0696. The smallest absolute Gasteiger partial charge is 0.336 e. The molecule has 0 radical (unpaired) electrons. The van der Waals surface area contributed by atoms with Gasteiger partial charge in [-0.25, -0.2) is 4.79 Å². The minimum Gasteiger partial charge on any atom is -0.478 e. The second-order valence-corrected chi connectivity index (χ2v) is 4.70. The third-order valence-electron chi connectivity index (χ3n) is 1.34. The zero-order chi connectivity index (χ0) is 9.14. The number of carboxylic acid groups (broad SMARTS) is 1. The molecule has 0 fully saturated rings. The van der Waals surface area contributed by atoms with Crippen LogP contribution in [0.25, 0.3) is 0 Å². The van der Waals surface area contributed by atoms with Crippen LogP contribution in [0.2, 0.25) is 0 Å². The van der Waals surface area contributed by atoms with Gasteiger partial charge < -0.3 is 5.11 Å². The number of carbonyl (C=O) groups is 1. The van der Waals surface area contributed by atoms with E-state index >= 15 is 0 Å². The molecule has 0 unspecified atom stereocenters. The zero-order valence-corrected chi connectivity index (χ0v) is 8.61. The fourth-order valence-electron chi connectivity index (χ4n) is 0.860. The Balaban J connectivity index is 3.07. The molecule has 64 valence electrons. The van der Waals surface area contributed by atoms with Crippen molar-refractivity contribution in [2.24, 2.45) is 0 Å². The van der Waals surface area contributed by atoms with Gasteiger partial charge in [-0.1, -0.05) is 6.08 Å². The summed E-state index contributed by atoms with van der Waals surface area (Å²) in [6.07, 6.45) is 2.31. The van der Waals surface area contributed by atoms with Crippen molar-refractivity contribution >= 4 is 33.2 Å². The molecular formula is C8H7BrO2S. The summed E-state index contributed by atoms with van der Waals surface area (Å²) in [5.74, 6) is -0.881. The van der Waals surface area contributed by atoms with Crippen molar-refractivity contribution in [3.8, 4) is 0 Å². The fourth-order valence-corrected chi connectivity index (χ4v) is 2.54. The van der Waals surface area contributed by atoms with Crippen molar-refractivity contribution in [2.75, 3.05) is 0 Å². The summed E-state index contributed by atoms with van der Waals surface area (Å²) in [5.41, 5.74) is 0.367. The average Bonchev–Trinajstić information content (AvgIpc) is 2.32. The highest BCUT2D eigenvalue weighted by Gasteiger charge is 2.12. The van der Waals surface area contributed by atoms with Crippen molar-refractivity contribution in [1.29, 1.82) is 0 Å². The summed E-state index contributed by atoms with van der Waals surface area (Å²) in [6.45, 7) is 3.56. The van der Waals surface area contributed by atoms with Crippen LogP contribution in [0.1, 0.15) is 15.2 Å². The number of carboxylic acids is 1. The quantitative estimate of drug-likeness (QED) is 0.834. The van der Waals surface area contributed by atoms with Gasteiger partial charge in [0.15, 0.2) is 0 Å². The predicted molar refractivity (Wildman–Crippen MR) is 52.9 cm³/mol. The highest BCUT2D eigenvalue weighted by Crippen LogP contribution is 2.27. The highest BCUT2D eigenvalue weighted by atomic mass is 79.9. The molecule has 2 nitrogen and oxygen atoms in total. The summed E-state index contributed by atoms with van der Waals surface area (Å²) in [4.78, 5) is 11.5. The van der Waals surface area contributed by atoms with Gasteiger partial charge in [-0.15, -0.1) is 17.9 Å². The van der Waals surface area contributed by atoms with Crippen LogP contribution in [-0.2, 0) is 6.42 Å². The predicted octanol–water partition coefficient (Wildman–Crippen LogP) is 2.94. The zero-order valence-electron chi connectivity index (χ0n) is 6.21. The molecule has 12 heavy (non-hydrogen) atoms. The Morgan fingerprint density at radius 2 is 2.50 bits per heavy atom. The second kappa shape index (κ2) is 3.87. The monoisotopic (exact) mass is 246 g/mol. The first kappa shape index (κ1) is 9.48.